The lowest BCUT2D eigenvalue weighted by molar-refractivity contribution is -0.157. The van der Waals surface area contributed by atoms with Crippen LogP contribution in [-0.4, -0.2) is 54.8 Å². The Bertz CT molecular complexity index is 720. The Morgan fingerprint density at radius 1 is 1.00 bits per heavy atom. The first-order valence-corrected chi connectivity index (χ1v) is 9.14. The highest BCUT2D eigenvalue weighted by Gasteiger charge is 2.30. The van der Waals surface area contributed by atoms with Gasteiger partial charge in [0, 0.05) is 25.9 Å². The zero-order valence-corrected chi connectivity index (χ0v) is 15.4. The number of carbonyl (C=O) groups excluding carboxylic acids is 3. The first-order valence-electron chi connectivity index (χ1n) is 9.14. The fraction of sp³-hybridized carbons (Fsp3) is 0.526. The molecule has 0 spiro atoms. The lowest BCUT2D eigenvalue weighted by Gasteiger charge is -2.28. The average molecular weight is 376 g/mol. The lowest BCUT2D eigenvalue weighted by Crippen LogP contribution is -2.45. The third-order valence-electron chi connectivity index (χ3n) is 4.65. The van der Waals surface area contributed by atoms with E-state index in [0.717, 1.165) is 12.0 Å². The van der Waals surface area contributed by atoms with E-state index in [4.69, 9.17) is 9.47 Å². The minimum atomic E-state index is -0.274. The van der Waals surface area contributed by atoms with Gasteiger partial charge in [-0.3, -0.25) is 24.4 Å². The van der Waals surface area contributed by atoms with Gasteiger partial charge >= 0.3 is 5.97 Å². The summed E-state index contributed by atoms with van der Waals surface area (Å²) in [7, 11) is 1.35. The van der Waals surface area contributed by atoms with Crippen LogP contribution in [0.1, 0.15) is 37.7 Å². The summed E-state index contributed by atoms with van der Waals surface area (Å²) in [4.78, 5) is 36.3. The summed E-state index contributed by atoms with van der Waals surface area (Å²) in [6.07, 6.45) is 2.76. The maximum atomic E-state index is 12.7. The van der Waals surface area contributed by atoms with Crippen LogP contribution < -0.4 is 9.47 Å². The van der Waals surface area contributed by atoms with Crippen LogP contribution in [0, 0.1) is 0 Å². The molecule has 0 radical (unpaired) electrons. The molecule has 27 heavy (non-hydrogen) atoms. The van der Waals surface area contributed by atoms with E-state index in [0.29, 0.717) is 50.3 Å². The third-order valence-corrected chi connectivity index (χ3v) is 4.65. The molecule has 8 heteroatoms. The molecule has 0 aromatic heterocycles. The number of carbonyl (C=O) groups is 3. The first-order chi connectivity index (χ1) is 13.1. The van der Waals surface area contributed by atoms with E-state index >= 15 is 0 Å². The van der Waals surface area contributed by atoms with Crippen molar-refractivity contribution in [2.45, 2.75) is 38.5 Å². The molecule has 2 amide bonds. The zero-order chi connectivity index (χ0) is 19.2. The fourth-order valence-corrected chi connectivity index (χ4v) is 3.22. The molecule has 8 nitrogen and oxygen atoms in total. The number of ether oxygens (including phenoxy) is 3. The Hall–Kier alpha value is -2.77. The van der Waals surface area contributed by atoms with Crippen molar-refractivity contribution in [1.82, 2.24) is 10.0 Å². The van der Waals surface area contributed by atoms with Gasteiger partial charge in [0.2, 0.25) is 18.6 Å². The van der Waals surface area contributed by atoms with Crippen molar-refractivity contribution in [1.29, 1.82) is 0 Å². The van der Waals surface area contributed by atoms with Crippen LogP contribution in [-0.2, 0) is 25.5 Å². The van der Waals surface area contributed by atoms with Crippen molar-refractivity contribution in [3.05, 3.63) is 23.8 Å². The summed E-state index contributed by atoms with van der Waals surface area (Å²) < 4.78 is 15.2. The molecule has 1 saturated heterocycles. The van der Waals surface area contributed by atoms with Crippen LogP contribution in [0.3, 0.4) is 0 Å². The first kappa shape index (κ1) is 19.0. The molecule has 0 saturated carbocycles. The third kappa shape index (κ3) is 4.69. The molecule has 3 rings (SSSR count). The van der Waals surface area contributed by atoms with Gasteiger partial charge in [0.15, 0.2) is 11.5 Å². The summed E-state index contributed by atoms with van der Waals surface area (Å²) in [5.74, 6) is 0.839. The molecule has 2 aliphatic rings. The molecular weight excluding hydrogens is 352 g/mol. The average Bonchev–Trinajstić information content (AvgIpc) is 3.33. The molecular formula is C19H24N2O6. The second kappa shape index (κ2) is 8.75. The standard InChI is InChI=1S/C19H24N2O6/c1-25-19(24)6-3-2-5-17(22)20-9-4-10-21(20)18(23)12-14-7-8-15-16(11-14)27-13-26-15/h7-8,11H,2-6,9-10,12-13H2,1H3. The molecule has 0 bridgehead atoms. The Kier molecular flexibility index (Phi) is 6.16. The zero-order valence-electron chi connectivity index (χ0n) is 15.4. The van der Waals surface area contributed by atoms with Gasteiger partial charge < -0.3 is 14.2 Å². The van der Waals surface area contributed by atoms with Crippen LogP contribution in [0.4, 0.5) is 0 Å². The normalized spacial score (nSPS) is 15.1. The second-order valence-electron chi connectivity index (χ2n) is 6.53. The van der Waals surface area contributed by atoms with Gasteiger partial charge in [0.25, 0.3) is 0 Å². The number of hydrazine groups is 1. The highest BCUT2D eigenvalue weighted by Crippen LogP contribution is 2.32. The van der Waals surface area contributed by atoms with Gasteiger partial charge in [-0.2, -0.15) is 0 Å². The topological polar surface area (TPSA) is 85.4 Å². The monoisotopic (exact) mass is 376 g/mol. The predicted octanol–water partition coefficient (Wildman–Crippen LogP) is 1.67. The molecule has 1 aromatic rings. The Morgan fingerprint density at radius 3 is 2.48 bits per heavy atom. The van der Waals surface area contributed by atoms with E-state index in [-0.39, 0.29) is 31.0 Å². The quantitative estimate of drug-likeness (QED) is 0.532. The van der Waals surface area contributed by atoms with Gasteiger partial charge in [0.1, 0.15) is 0 Å². The molecule has 0 N–H and O–H groups in total. The van der Waals surface area contributed by atoms with Crippen LogP contribution in [0.25, 0.3) is 0 Å². The SMILES string of the molecule is COC(=O)CCCCC(=O)N1CCCN1C(=O)Cc1ccc2c(c1)OCO2. The van der Waals surface area contributed by atoms with Gasteiger partial charge in [0.05, 0.1) is 13.5 Å². The number of benzene rings is 1. The largest absolute Gasteiger partial charge is 0.469 e. The van der Waals surface area contributed by atoms with E-state index in [1.54, 1.807) is 12.1 Å². The second-order valence-corrected chi connectivity index (χ2v) is 6.53. The summed E-state index contributed by atoms with van der Waals surface area (Å²) in [5.41, 5.74) is 0.821. The van der Waals surface area contributed by atoms with Gasteiger partial charge in [-0.05, 0) is 37.0 Å². The number of methoxy groups -OCH3 is 1. The van der Waals surface area contributed by atoms with Crippen molar-refractivity contribution in [2.75, 3.05) is 27.0 Å². The number of esters is 1. The molecule has 1 fully saturated rings. The summed E-state index contributed by atoms with van der Waals surface area (Å²) in [6.45, 7) is 1.27. The summed E-state index contributed by atoms with van der Waals surface area (Å²) in [6, 6.07) is 5.43. The Balaban J connectivity index is 1.51. The Morgan fingerprint density at radius 2 is 1.70 bits per heavy atom. The smallest absolute Gasteiger partial charge is 0.305 e. The minimum Gasteiger partial charge on any atom is -0.469 e. The highest BCUT2D eigenvalue weighted by atomic mass is 16.7. The van der Waals surface area contributed by atoms with Crippen LogP contribution >= 0.6 is 0 Å². The number of fused-ring (bicyclic) bond motifs is 1. The number of hydrogen-bond acceptors (Lipinski definition) is 6. The van der Waals surface area contributed by atoms with Crippen molar-refractivity contribution in [3.8, 4) is 11.5 Å². The van der Waals surface area contributed by atoms with E-state index < -0.39 is 0 Å². The molecule has 0 aliphatic carbocycles. The number of rotatable bonds is 7. The number of amides is 2. The highest BCUT2D eigenvalue weighted by molar-refractivity contribution is 5.84. The lowest BCUT2D eigenvalue weighted by atomic mass is 10.1. The van der Waals surface area contributed by atoms with Gasteiger partial charge in [-0.15, -0.1) is 0 Å². The minimum absolute atomic E-state index is 0.0867. The maximum Gasteiger partial charge on any atom is 0.305 e. The van der Waals surface area contributed by atoms with Crippen LogP contribution in [0.2, 0.25) is 0 Å². The number of hydrogen-bond donors (Lipinski definition) is 0. The molecule has 2 aliphatic heterocycles. The van der Waals surface area contributed by atoms with Crippen LogP contribution in [0.5, 0.6) is 11.5 Å². The van der Waals surface area contributed by atoms with Crippen molar-refractivity contribution in [2.24, 2.45) is 0 Å². The number of nitrogens with zero attached hydrogens (tertiary/aromatic N) is 2. The van der Waals surface area contributed by atoms with E-state index in [1.165, 1.54) is 17.1 Å². The van der Waals surface area contributed by atoms with Crippen LogP contribution in [0.15, 0.2) is 18.2 Å². The van der Waals surface area contributed by atoms with Gasteiger partial charge in [-0.1, -0.05) is 6.07 Å². The fourth-order valence-electron chi connectivity index (χ4n) is 3.22. The molecule has 2 heterocycles. The van der Waals surface area contributed by atoms with Crippen molar-refractivity contribution < 1.29 is 28.6 Å². The number of unbranched alkanes of at least 4 members (excludes halogenated alkanes) is 1. The van der Waals surface area contributed by atoms with Crippen molar-refractivity contribution in [3.63, 3.8) is 0 Å². The van der Waals surface area contributed by atoms with Gasteiger partial charge in [-0.25, -0.2) is 0 Å². The van der Waals surface area contributed by atoms with Crippen molar-refractivity contribution >= 4 is 17.8 Å². The molecule has 0 unspecified atom stereocenters. The molecule has 146 valence electrons. The molecule has 0 atom stereocenters. The summed E-state index contributed by atoms with van der Waals surface area (Å²) >= 11 is 0. The summed E-state index contributed by atoms with van der Waals surface area (Å²) in [5, 5.41) is 3.07. The van der Waals surface area contributed by atoms with E-state index in [2.05, 4.69) is 4.74 Å². The Labute approximate surface area is 157 Å². The maximum absolute atomic E-state index is 12.7. The van der Waals surface area contributed by atoms with E-state index in [1.807, 2.05) is 6.07 Å². The predicted molar refractivity (Wildman–Crippen MR) is 94.8 cm³/mol. The van der Waals surface area contributed by atoms with E-state index in [9.17, 15) is 14.4 Å². The molecule has 1 aromatic carbocycles.